The van der Waals surface area contributed by atoms with Crippen LogP contribution in [-0.2, 0) is 0 Å². The highest BCUT2D eigenvalue weighted by atomic mass is 79.9. The van der Waals surface area contributed by atoms with Crippen LogP contribution in [0.25, 0.3) is 5.69 Å². The largest absolute Gasteiger partial charge is 0.338 e. The quantitative estimate of drug-likeness (QED) is 0.863. The molecule has 2 aromatic rings. The minimum absolute atomic E-state index is 0. The summed E-state index contributed by atoms with van der Waals surface area (Å²) in [6.45, 7) is 4.10. The van der Waals surface area contributed by atoms with Crippen LogP contribution in [0.15, 0.2) is 34.9 Å². The molecule has 1 amide bonds. The van der Waals surface area contributed by atoms with Crippen molar-refractivity contribution in [3.63, 3.8) is 0 Å². The maximum absolute atomic E-state index is 12.7. The van der Waals surface area contributed by atoms with Crippen molar-refractivity contribution in [2.24, 2.45) is 11.7 Å². The first-order valence-corrected chi connectivity index (χ1v) is 8.19. The Kier molecular flexibility index (Phi) is 5.84. The monoisotopic (exact) mass is 398 g/mol. The maximum atomic E-state index is 12.7. The van der Waals surface area contributed by atoms with Crippen molar-refractivity contribution < 1.29 is 4.79 Å². The van der Waals surface area contributed by atoms with E-state index in [1.165, 1.54) is 0 Å². The number of hydrogen-bond acceptors (Lipinski definition) is 3. The van der Waals surface area contributed by atoms with E-state index in [-0.39, 0.29) is 18.3 Å². The molecule has 1 unspecified atom stereocenters. The third-order valence-corrected chi connectivity index (χ3v) is 4.75. The molecule has 1 fully saturated rings. The zero-order valence-corrected chi connectivity index (χ0v) is 15.3. The van der Waals surface area contributed by atoms with Gasteiger partial charge in [0.05, 0.1) is 23.1 Å². The van der Waals surface area contributed by atoms with Crippen molar-refractivity contribution >= 4 is 34.2 Å². The lowest BCUT2D eigenvalue weighted by Crippen LogP contribution is -2.30. The fraction of sp³-hybridized carbons (Fsp3) is 0.375. The molecule has 1 atom stereocenters. The molecule has 0 bridgehead atoms. The molecule has 2 N–H and O–H groups in total. The number of rotatable bonds is 3. The Morgan fingerprint density at radius 1 is 1.39 bits per heavy atom. The summed E-state index contributed by atoms with van der Waals surface area (Å²) in [7, 11) is 0. The van der Waals surface area contributed by atoms with Gasteiger partial charge in [0.2, 0.25) is 0 Å². The number of hydrogen-bond donors (Lipinski definition) is 1. The van der Waals surface area contributed by atoms with Gasteiger partial charge in [-0.2, -0.15) is 5.10 Å². The molecule has 1 aromatic carbocycles. The van der Waals surface area contributed by atoms with E-state index in [9.17, 15) is 4.79 Å². The maximum Gasteiger partial charge on any atom is 0.257 e. The molecular formula is C16H20BrClN4O. The van der Waals surface area contributed by atoms with Gasteiger partial charge in [-0.15, -0.1) is 12.4 Å². The van der Waals surface area contributed by atoms with E-state index in [4.69, 9.17) is 5.73 Å². The Hall–Kier alpha value is -1.37. The van der Waals surface area contributed by atoms with E-state index >= 15 is 0 Å². The van der Waals surface area contributed by atoms with Crippen molar-refractivity contribution in [3.05, 3.63) is 46.2 Å². The van der Waals surface area contributed by atoms with Crippen LogP contribution < -0.4 is 5.73 Å². The molecule has 1 aliphatic heterocycles. The minimum atomic E-state index is 0. The van der Waals surface area contributed by atoms with Crippen molar-refractivity contribution in [3.8, 4) is 5.69 Å². The first-order valence-electron chi connectivity index (χ1n) is 7.40. The van der Waals surface area contributed by atoms with Crippen molar-refractivity contribution in [2.45, 2.75) is 13.3 Å². The van der Waals surface area contributed by atoms with E-state index in [1.807, 2.05) is 36.1 Å². The molecule has 1 aromatic heterocycles. The lowest BCUT2D eigenvalue weighted by Gasteiger charge is -2.16. The summed E-state index contributed by atoms with van der Waals surface area (Å²) in [5.41, 5.74) is 8.18. The molecule has 0 saturated carbocycles. The Morgan fingerprint density at radius 2 is 2.09 bits per heavy atom. The third kappa shape index (κ3) is 3.59. The number of carbonyl (C=O) groups is 1. The molecule has 0 radical (unpaired) electrons. The van der Waals surface area contributed by atoms with E-state index < -0.39 is 0 Å². The number of carbonyl (C=O) groups excluding carboxylic acids is 1. The fourth-order valence-electron chi connectivity index (χ4n) is 2.84. The summed E-state index contributed by atoms with van der Waals surface area (Å²) in [6, 6.07) is 7.87. The van der Waals surface area contributed by atoms with Gasteiger partial charge in [-0.25, -0.2) is 4.68 Å². The first kappa shape index (κ1) is 18.0. The number of aromatic nitrogens is 2. The SMILES string of the molecule is Cc1c(C(=O)N2CCC(CN)C2)cnn1-c1ccc(Br)cc1.Cl. The molecule has 1 aliphatic rings. The summed E-state index contributed by atoms with van der Waals surface area (Å²) in [5, 5.41) is 4.38. The molecule has 124 valence electrons. The van der Waals surface area contributed by atoms with Gasteiger partial charge in [0.1, 0.15) is 0 Å². The van der Waals surface area contributed by atoms with Gasteiger partial charge in [0.15, 0.2) is 0 Å². The minimum Gasteiger partial charge on any atom is -0.338 e. The lowest BCUT2D eigenvalue weighted by atomic mass is 10.1. The van der Waals surface area contributed by atoms with Crippen LogP contribution in [0.3, 0.4) is 0 Å². The second-order valence-corrected chi connectivity index (χ2v) is 6.59. The second-order valence-electron chi connectivity index (χ2n) is 5.67. The van der Waals surface area contributed by atoms with Gasteiger partial charge in [0, 0.05) is 17.6 Å². The highest BCUT2D eigenvalue weighted by Crippen LogP contribution is 2.21. The van der Waals surface area contributed by atoms with Gasteiger partial charge in [0.25, 0.3) is 5.91 Å². The summed E-state index contributed by atoms with van der Waals surface area (Å²) >= 11 is 3.42. The van der Waals surface area contributed by atoms with Gasteiger partial charge in [-0.1, -0.05) is 15.9 Å². The number of amides is 1. The highest BCUT2D eigenvalue weighted by Gasteiger charge is 2.28. The summed E-state index contributed by atoms with van der Waals surface area (Å²) < 4.78 is 2.82. The normalized spacial score (nSPS) is 17.2. The van der Waals surface area contributed by atoms with Crippen molar-refractivity contribution in [1.29, 1.82) is 0 Å². The first-order chi connectivity index (χ1) is 10.6. The average Bonchev–Trinajstić information content (AvgIpc) is 3.14. The number of halogens is 2. The van der Waals surface area contributed by atoms with Crippen LogP contribution in [0.5, 0.6) is 0 Å². The smallest absolute Gasteiger partial charge is 0.257 e. The third-order valence-electron chi connectivity index (χ3n) is 4.22. The number of nitrogens with two attached hydrogens (primary N) is 1. The molecule has 2 heterocycles. The predicted octanol–water partition coefficient (Wildman–Crippen LogP) is 2.79. The number of nitrogens with zero attached hydrogens (tertiary/aromatic N) is 3. The zero-order chi connectivity index (χ0) is 15.7. The summed E-state index contributed by atoms with van der Waals surface area (Å²) in [5.74, 6) is 0.475. The van der Waals surface area contributed by atoms with Crippen LogP contribution in [0.2, 0.25) is 0 Å². The fourth-order valence-corrected chi connectivity index (χ4v) is 3.11. The second kappa shape index (κ2) is 7.47. The molecule has 3 rings (SSSR count). The van der Waals surface area contributed by atoms with Gasteiger partial charge >= 0.3 is 0 Å². The Morgan fingerprint density at radius 3 is 2.70 bits per heavy atom. The Bertz CT molecular complexity index is 686. The van der Waals surface area contributed by atoms with Crippen LogP contribution >= 0.6 is 28.3 Å². The topological polar surface area (TPSA) is 64.2 Å². The number of benzene rings is 1. The highest BCUT2D eigenvalue weighted by molar-refractivity contribution is 9.10. The Labute approximate surface area is 150 Å². The van der Waals surface area contributed by atoms with Crippen LogP contribution in [0.4, 0.5) is 0 Å². The van der Waals surface area contributed by atoms with E-state index in [1.54, 1.807) is 10.9 Å². The molecule has 7 heteroatoms. The van der Waals surface area contributed by atoms with Crippen LogP contribution in [0, 0.1) is 12.8 Å². The predicted molar refractivity (Wildman–Crippen MR) is 96.3 cm³/mol. The van der Waals surface area contributed by atoms with Gasteiger partial charge in [-0.05, 0) is 50.1 Å². The van der Waals surface area contributed by atoms with Gasteiger partial charge < -0.3 is 10.6 Å². The molecular weight excluding hydrogens is 380 g/mol. The number of likely N-dealkylation sites (tertiary alicyclic amines) is 1. The molecule has 23 heavy (non-hydrogen) atoms. The van der Waals surface area contributed by atoms with Crippen molar-refractivity contribution in [1.82, 2.24) is 14.7 Å². The van der Waals surface area contributed by atoms with Crippen LogP contribution in [0.1, 0.15) is 22.5 Å². The molecule has 5 nitrogen and oxygen atoms in total. The summed E-state index contributed by atoms with van der Waals surface area (Å²) in [4.78, 5) is 14.5. The average molecular weight is 400 g/mol. The lowest BCUT2D eigenvalue weighted by molar-refractivity contribution is 0.0787. The standard InChI is InChI=1S/C16H19BrN4O.ClH/c1-11-15(16(22)20-7-6-12(8-18)10-20)9-19-21(11)14-4-2-13(17)3-5-14;/h2-5,9,12H,6-8,10,18H2,1H3;1H. The van der Waals surface area contributed by atoms with Crippen LogP contribution in [-0.4, -0.2) is 40.2 Å². The summed E-state index contributed by atoms with van der Waals surface area (Å²) in [6.07, 6.45) is 2.65. The molecule has 1 saturated heterocycles. The molecule has 0 spiro atoms. The van der Waals surface area contributed by atoms with E-state index in [0.29, 0.717) is 18.0 Å². The van der Waals surface area contributed by atoms with E-state index in [0.717, 1.165) is 35.4 Å². The van der Waals surface area contributed by atoms with Crippen molar-refractivity contribution in [2.75, 3.05) is 19.6 Å². The van der Waals surface area contributed by atoms with E-state index in [2.05, 4.69) is 21.0 Å². The van der Waals surface area contributed by atoms with Gasteiger partial charge in [-0.3, -0.25) is 4.79 Å². The zero-order valence-electron chi connectivity index (χ0n) is 12.9. The Balaban J connectivity index is 0.00000192. The molecule has 0 aliphatic carbocycles.